The van der Waals surface area contributed by atoms with Gasteiger partial charge in [-0.05, 0) is 77.4 Å². The summed E-state index contributed by atoms with van der Waals surface area (Å²) in [6, 6.07) is 38.4. The van der Waals surface area contributed by atoms with Gasteiger partial charge in [-0.25, -0.2) is 0 Å². The molecule has 0 aliphatic heterocycles. The van der Waals surface area contributed by atoms with Crippen LogP contribution in [0, 0.1) is 0 Å². The number of carboxylic acids is 1. The molecule has 1 atom stereocenters. The van der Waals surface area contributed by atoms with Crippen molar-refractivity contribution in [3.05, 3.63) is 138 Å². The fraction of sp³-hybridized carbons (Fsp3) is 0.256. The highest BCUT2D eigenvalue weighted by Gasteiger charge is 2.14. The van der Waals surface area contributed by atoms with Gasteiger partial charge in [-0.15, -0.1) is 0 Å². The van der Waals surface area contributed by atoms with Crippen LogP contribution in [0.4, 0.5) is 0 Å². The summed E-state index contributed by atoms with van der Waals surface area (Å²) >= 11 is 0. The van der Waals surface area contributed by atoms with Crippen LogP contribution < -0.4 is 14.2 Å². The first-order chi connectivity index (χ1) is 21.6. The van der Waals surface area contributed by atoms with Gasteiger partial charge < -0.3 is 19.3 Å². The first-order valence-corrected chi connectivity index (χ1v) is 15.4. The molecule has 0 heterocycles. The maximum Gasteiger partial charge on any atom is 0.310 e. The number of para-hydroxylation sites is 1. The number of aryl methyl sites for hydroxylation is 1. The van der Waals surface area contributed by atoms with Crippen molar-refractivity contribution in [2.75, 3.05) is 6.61 Å². The number of hydrogen-bond acceptors (Lipinski definition) is 4. The van der Waals surface area contributed by atoms with E-state index in [0.717, 1.165) is 76.8 Å². The van der Waals surface area contributed by atoms with Crippen molar-refractivity contribution in [2.45, 2.75) is 58.2 Å². The molecule has 0 saturated heterocycles. The van der Waals surface area contributed by atoms with Crippen molar-refractivity contribution in [3.63, 3.8) is 0 Å². The summed E-state index contributed by atoms with van der Waals surface area (Å²) in [5.41, 5.74) is 4.22. The summed E-state index contributed by atoms with van der Waals surface area (Å²) in [6.07, 6.45) is 5.12. The smallest absolute Gasteiger partial charge is 0.310 e. The molecular formula is C39H40O5. The Morgan fingerprint density at radius 3 is 2.05 bits per heavy atom. The second-order valence-corrected chi connectivity index (χ2v) is 11.1. The molecule has 0 aromatic heterocycles. The van der Waals surface area contributed by atoms with Crippen molar-refractivity contribution >= 4 is 16.7 Å². The van der Waals surface area contributed by atoms with E-state index in [-0.39, 0.29) is 0 Å². The van der Waals surface area contributed by atoms with E-state index in [2.05, 4.69) is 36.4 Å². The van der Waals surface area contributed by atoms with Gasteiger partial charge in [0, 0.05) is 0 Å². The number of carboxylic acid groups (broad SMARTS) is 1. The maximum absolute atomic E-state index is 11.3. The average molecular weight is 589 g/mol. The minimum atomic E-state index is -0.817. The van der Waals surface area contributed by atoms with E-state index in [4.69, 9.17) is 14.2 Å². The molecule has 0 aliphatic carbocycles. The largest absolute Gasteiger partial charge is 0.494 e. The van der Waals surface area contributed by atoms with E-state index < -0.39 is 11.9 Å². The normalized spacial score (nSPS) is 11.7. The third-order valence-electron chi connectivity index (χ3n) is 7.84. The van der Waals surface area contributed by atoms with Gasteiger partial charge in [-0.1, -0.05) is 110 Å². The van der Waals surface area contributed by atoms with Gasteiger partial charge in [-0.2, -0.15) is 0 Å². The Hall–Kier alpha value is -4.77. The molecule has 226 valence electrons. The standard InChI is InChI=1S/C39H40O5/c1-29(39(40)41)33-20-21-35-26-36(23-22-34(35)25-33)42-24-11-3-2-10-17-32-18-12-19-37(43-27-30-13-6-4-7-14-30)38(32)44-28-31-15-8-5-9-16-31/h4-9,12-16,18-23,25-26,29H,2-3,10-11,17,24,27-28H2,1H3,(H,40,41). The molecule has 5 aromatic rings. The van der Waals surface area contributed by atoms with Crippen LogP contribution in [0.25, 0.3) is 10.8 Å². The van der Waals surface area contributed by atoms with E-state index >= 15 is 0 Å². The predicted octanol–water partition coefficient (Wildman–Crippen LogP) is 9.37. The molecule has 1 unspecified atom stereocenters. The third kappa shape index (κ3) is 8.63. The summed E-state index contributed by atoms with van der Waals surface area (Å²) in [4.78, 5) is 11.3. The zero-order chi connectivity index (χ0) is 30.6. The molecule has 5 aromatic carbocycles. The molecule has 1 N–H and O–H groups in total. The molecule has 5 nitrogen and oxygen atoms in total. The van der Waals surface area contributed by atoms with Crippen LogP contribution in [-0.2, 0) is 24.4 Å². The van der Waals surface area contributed by atoms with Crippen LogP contribution in [-0.4, -0.2) is 17.7 Å². The van der Waals surface area contributed by atoms with Crippen LogP contribution in [0.3, 0.4) is 0 Å². The number of carbonyl (C=O) groups is 1. The van der Waals surface area contributed by atoms with Crippen LogP contribution >= 0.6 is 0 Å². The van der Waals surface area contributed by atoms with E-state index in [1.54, 1.807) is 6.92 Å². The summed E-state index contributed by atoms with van der Waals surface area (Å²) in [6.45, 7) is 3.36. The SMILES string of the molecule is CC(C(=O)O)c1ccc2cc(OCCCCCCc3cccc(OCc4ccccc4)c3OCc3ccccc3)ccc2c1. The highest BCUT2D eigenvalue weighted by molar-refractivity contribution is 5.86. The van der Waals surface area contributed by atoms with Crippen molar-refractivity contribution in [2.24, 2.45) is 0 Å². The summed E-state index contributed by atoms with van der Waals surface area (Å²) in [5, 5.41) is 11.4. The summed E-state index contributed by atoms with van der Waals surface area (Å²) < 4.78 is 18.7. The maximum atomic E-state index is 11.3. The van der Waals surface area contributed by atoms with Crippen LogP contribution in [0.1, 0.15) is 60.8 Å². The Morgan fingerprint density at radius 2 is 1.32 bits per heavy atom. The molecule has 44 heavy (non-hydrogen) atoms. The van der Waals surface area contributed by atoms with E-state index in [0.29, 0.717) is 19.8 Å². The first-order valence-electron chi connectivity index (χ1n) is 15.4. The monoisotopic (exact) mass is 588 g/mol. The highest BCUT2D eigenvalue weighted by atomic mass is 16.5. The fourth-order valence-electron chi connectivity index (χ4n) is 5.21. The summed E-state index contributed by atoms with van der Waals surface area (Å²) in [5.74, 6) is 1.10. The van der Waals surface area contributed by atoms with Gasteiger partial charge in [0.1, 0.15) is 19.0 Å². The lowest BCUT2D eigenvalue weighted by Crippen LogP contribution is -2.07. The molecular weight excluding hydrogens is 548 g/mol. The van der Waals surface area contributed by atoms with Crippen molar-refractivity contribution in [1.29, 1.82) is 0 Å². The second-order valence-electron chi connectivity index (χ2n) is 11.1. The number of ether oxygens (including phenoxy) is 3. The Kier molecular flexibility index (Phi) is 10.9. The molecule has 0 radical (unpaired) electrons. The van der Waals surface area contributed by atoms with Gasteiger partial charge in [0.05, 0.1) is 12.5 Å². The molecule has 5 rings (SSSR count). The summed E-state index contributed by atoms with van der Waals surface area (Å²) in [7, 11) is 0. The lowest BCUT2D eigenvalue weighted by atomic mass is 9.98. The molecule has 0 amide bonds. The molecule has 5 heteroatoms. The lowest BCUT2D eigenvalue weighted by molar-refractivity contribution is -0.138. The number of aliphatic carboxylic acids is 1. The number of unbranched alkanes of at least 4 members (excludes halogenated alkanes) is 3. The highest BCUT2D eigenvalue weighted by Crippen LogP contribution is 2.34. The van der Waals surface area contributed by atoms with Crippen LogP contribution in [0.2, 0.25) is 0 Å². The Balaban J connectivity index is 1.11. The first kappa shape index (κ1) is 30.7. The predicted molar refractivity (Wildman–Crippen MR) is 176 cm³/mol. The zero-order valence-corrected chi connectivity index (χ0v) is 25.3. The van der Waals surface area contributed by atoms with Gasteiger partial charge in [0.25, 0.3) is 0 Å². The Labute approximate surface area is 260 Å². The second kappa shape index (κ2) is 15.6. The van der Waals surface area contributed by atoms with Crippen LogP contribution in [0.5, 0.6) is 17.2 Å². The van der Waals surface area contributed by atoms with Crippen molar-refractivity contribution < 1.29 is 24.1 Å². The zero-order valence-electron chi connectivity index (χ0n) is 25.3. The number of rotatable bonds is 16. The minimum Gasteiger partial charge on any atom is -0.494 e. The molecule has 0 bridgehead atoms. The van der Waals surface area contributed by atoms with Gasteiger partial charge >= 0.3 is 5.97 Å². The van der Waals surface area contributed by atoms with E-state index in [9.17, 15) is 9.90 Å². The number of hydrogen-bond donors (Lipinski definition) is 1. The fourth-order valence-corrected chi connectivity index (χ4v) is 5.21. The van der Waals surface area contributed by atoms with Gasteiger partial charge in [0.2, 0.25) is 0 Å². The molecule has 0 fully saturated rings. The minimum absolute atomic E-state index is 0.494. The van der Waals surface area contributed by atoms with Gasteiger partial charge in [0.15, 0.2) is 11.5 Å². The molecule has 0 aliphatic rings. The number of fused-ring (bicyclic) bond motifs is 1. The van der Waals surface area contributed by atoms with Gasteiger partial charge in [-0.3, -0.25) is 4.79 Å². The third-order valence-corrected chi connectivity index (χ3v) is 7.84. The lowest BCUT2D eigenvalue weighted by Gasteiger charge is -2.17. The average Bonchev–Trinajstić information content (AvgIpc) is 3.06. The number of benzene rings is 5. The van der Waals surface area contributed by atoms with Crippen molar-refractivity contribution in [1.82, 2.24) is 0 Å². The van der Waals surface area contributed by atoms with Crippen LogP contribution in [0.15, 0.2) is 115 Å². The molecule has 0 saturated carbocycles. The topological polar surface area (TPSA) is 65.0 Å². The Morgan fingerprint density at radius 1 is 0.659 bits per heavy atom. The van der Waals surface area contributed by atoms with E-state index in [1.807, 2.05) is 78.9 Å². The quantitative estimate of drug-likeness (QED) is 0.116. The Bertz CT molecular complexity index is 1630. The van der Waals surface area contributed by atoms with E-state index in [1.165, 1.54) is 5.56 Å². The molecule has 0 spiro atoms. The van der Waals surface area contributed by atoms with Crippen molar-refractivity contribution in [3.8, 4) is 17.2 Å².